The molecule has 2 aromatic heterocycles. The van der Waals surface area contributed by atoms with E-state index in [0.29, 0.717) is 24.5 Å². The van der Waals surface area contributed by atoms with Gasteiger partial charge in [0.1, 0.15) is 18.1 Å². The summed E-state index contributed by atoms with van der Waals surface area (Å²) in [6.07, 6.45) is 0.815. The molecule has 2 heterocycles. The standard InChI is InChI=1S/C21H26N4O3/c1-14-11-15(2)25(23-14)10-6-9-22-21(26)18-7-5-8-19(12-18)27-13-20-16(3)24-28-17(20)4/h5,7-8,11-12H,6,9-10,13H2,1-4H3,(H,22,26). The molecule has 1 aromatic carbocycles. The van der Waals surface area contributed by atoms with E-state index >= 15 is 0 Å². The van der Waals surface area contributed by atoms with Crippen LogP contribution in [0, 0.1) is 27.7 Å². The van der Waals surface area contributed by atoms with Gasteiger partial charge >= 0.3 is 0 Å². The molecule has 0 unspecified atom stereocenters. The minimum Gasteiger partial charge on any atom is -0.489 e. The number of ether oxygens (including phenoxy) is 1. The van der Waals surface area contributed by atoms with E-state index in [1.807, 2.05) is 50.6 Å². The van der Waals surface area contributed by atoms with Crippen molar-refractivity contribution in [1.82, 2.24) is 20.3 Å². The molecule has 28 heavy (non-hydrogen) atoms. The molecule has 1 amide bonds. The van der Waals surface area contributed by atoms with Crippen LogP contribution in [0.15, 0.2) is 34.9 Å². The van der Waals surface area contributed by atoms with Crippen molar-refractivity contribution in [3.8, 4) is 5.75 Å². The number of aromatic nitrogens is 3. The summed E-state index contributed by atoms with van der Waals surface area (Å²) in [4.78, 5) is 12.4. The van der Waals surface area contributed by atoms with Crippen LogP contribution in [-0.2, 0) is 13.2 Å². The summed E-state index contributed by atoms with van der Waals surface area (Å²) in [5, 5.41) is 11.3. The van der Waals surface area contributed by atoms with Gasteiger partial charge < -0.3 is 14.6 Å². The van der Waals surface area contributed by atoms with Gasteiger partial charge in [0.15, 0.2) is 0 Å². The summed E-state index contributed by atoms with van der Waals surface area (Å²) in [7, 11) is 0. The van der Waals surface area contributed by atoms with Crippen LogP contribution in [0.3, 0.4) is 0 Å². The predicted octanol–water partition coefficient (Wildman–Crippen LogP) is 3.50. The van der Waals surface area contributed by atoms with Gasteiger partial charge in [0, 0.05) is 24.3 Å². The fraction of sp³-hybridized carbons (Fsp3) is 0.381. The highest BCUT2D eigenvalue weighted by molar-refractivity contribution is 5.94. The third-order valence-corrected chi connectivity index (χ3v) is 4.60. The lowest BCUT2D eigenvalue weighted by Gasteiger charge is -2.09. The zero-order valence-corrected chi connectivity index (χ0v) is 16.8. The zero-order chi connectivity index (χ0) is 20.1. The molecule has 7 nitrogen and oxygen atoms in total. The Morgan fingerprint density at radius 1 is 1.21 bits per heavy atom. The Labute approximate surface area is 164 Å². The molecule has 0 aliphatic rings. The average molecular weight is 382 g/mol. The molecule has 1 N–H and O–H groups in total. The fourth-order valence-electron chi connectivity index (χ4n) is 3.02. The normalized spacial score (nSPS) is 10.9. The van der Waals surface area contributed by atoms with E-state index in [-0.39, 0.29) is 5.91 Å². The van der Waals surface area contributed by atoms with Crippen molar-refractivity contribution in [1.29, 1.82) is 0 Å². The van der Waals surface area contributed by atoms with Crippen molar-refractivity contribution >= 4 is 5.91 Å². The van der Waals surface area contributed by atoms with Crippen LogP contribution in [0.4, 0.5) is 0 Å². The number of aryl methyl sites for hydroxylation is 5. The van der Waals surface area contributed by atoms with E-state index in [0.717, 1.165) is 41.4 Å². The minimum atomic E-state index is -0.115. The van der Waals surface area contributed by atoms with Crippen LogP contribution >= 0.6 is 0 Å². The van der Waals surface area contributed by atoms with E-state index < -0.39 is 0 Å². The summed E-state index contributed by atoms with van der Waals surface area (Å²) in [5.74, 6) is 1.26. The zero-order valence-electron chi connectivity index (χ0n) is 16.8. The first-order chi connectivity index (χ1) is 13.4. The van der Waals surface area contributed by atoms with Crippen molar-refractivity contribution in [3.05, 3.63) is 64.3 Å². The Morgan fingerprint density at radius 3 is 2.71 bits per heavy atom. The van der Waals surface area contributed by atoms with Gasteiger partial charge in [-0.2, -0.15) is 5.10 Å². The van der Waals surface area contributed by atoms with E-state index in [4.69, 9.17) is 9.26 Å². The van der Waals surface area contributed by atoms with E-state index in [1.165, 1.54) is 0 Å². The smallest absolute Gasteiger partial charge is 0.251 e. The van der Waals surface area contributed by atoms with Gasteiger partial charge in [0.2, 0.25) is 0 Å². The second-order valence-corrected chi connectivity index (χ2v) is 6.88. The molecule has 3 aromatic rings. The molecule has 0 aliphatic heterocycles. The number of rotatable bonds is 8. The Morgan fingerprint density at radius 2 is 2.04 bits per heavy atom. The number of carbonyl (C=O) groups excluding carboxylic acids is 1. The second kappa shape index (κ2) is 8.73. The molecule has 0 spiro atoms. The van der Waals surface area contributed by atoms with Crippen LogP contribution in [0.5, 0.6) is 5.75 Å². The second-order valence-electron chi connectivity index (χ2n) is 6.88. The lowest BCUT2D eigenvalue weighted by Crippen LogP contribution is -2.25. The monoisotopic (exact) mass is 382 g/mol. The lowest BCUT2D eigenvalue weighted by atomic mass is 10.2. The van der Waals surface area contributed by atoms with Crippen LogP contribution in [0.25, 0.3) is 0 Å². The molecule has 0 fully saturated rings. The molecule has 7 heteroatoms. The Balaban J connectivity index is 1.50. The number of nitrogens with one attached hydrogen (secondary N) is 1. The van der Waals surface area contributed by atoms with Gasteiger partial charge in [-0.25, -0.2) is 0 Å². The van der Waals surface area contributed by atoms with Crippen molar-refractivity contribution in [2.24, 2.45) is 0 Å². The van der Waals surface area contributed by atoms with E-state index in [2.05, 4.69) is 15.6 Å². The van der Waals surface area contributed by atoms with Crippen molar-refractivity contribution in [3.63, 3.8) is 0 Å². The van der Waals surface area contributed by atoms with E-state index in [9.17, 15) is 4.79 Å². The largest absolute Gasteiger partial charge is 0.489 e. The Kier molecular flexibility index (Phi) is 6.13. The molecule has 0 radical (unpaired) electrons. The van der Waals surface area contributed by atoms with Gasteiger partial charge in [0.05, 0.1) is 17.0 Å². The number of amides is 1. The van der Waals surface area contributed by atoms with E-state index in [1.54, 1.807) is 12.1 Å². The summed E-state index contributed by atoms with van der Waals surface area (Å²) < 4.78 is 12.9. The van der Waals surface area contributed by atoms with Gasteiger partial charge in [-0.3, -0.25) is 9.48 Å². The number of hydrogen-bond donors (Lipinski definition) is 1. The first-order valence-electron chi connectivity index (χ1n) is 9.38. The Hall–Kier alpha value is -3.09. The third-order valence-electron chi connectivity index (χ3n) is 4.60. The highest BCUT2D eigenvalue weighted by Gasteiger charge is 2.11. The molecule has 148 valence electrons. The number of benzene rings is 1. The first-order valence-corrected chi connectivity index (χ1v) is 9.38. The molecular formula is C21H26N4O3. The van der Waals surface area contributed by atoms with Crippen LogP contribution in [0.2, 0.25) is 0 Å². The number of carbonyl (C=O) groups is 1. The molecule has 0 saturated carbocycles. The van der Waals surface area contributed by atoms with Crippen molar-refractivity contribution in [2.45, 2.75) is 47.3 Å². The summed E-state index contributed by atoms with van der Waals surface area (Å²) in [6, 6.07) is 9.21. The number of hydrogen-bond acceptors (Lipinski definition) is 5. The minimum absolute atomic E-state index is 0.115. The molecule has 0 saturated heterocycles. The Bertz CT molecular complexity index is 939. The lowest BCUT2D eigenvalue weighted by molar-refractivity contribution is 0.0952. The van der Waals surface area contributed by atoms with Crippen LogP contribution in [0.1, 0.15) is 45.2 Å². The molecule has 0 bridgehead atoms. The highest BCUT2D eigenvalue weighted by Crippen LogP contribution is 2.18. The maximum absolute atomic E-state index is 12.4. The molecule has 0 aliphatic carbocycles. The maximum Gasteiger partial charge on any atom is 0.251 e. The molecular weight excluding hydrogens is 356 g/mol. The van der Waals surface area contributed by atoms with Crippen LogP contribution < -0.4 is 10.1 Å². The molecule has 0 atom stereocenters. The van der Waals surface area contributed by atoms with Gasteiger partial charge in [0.25, 0.3) is 5.91 Å². The van der Waals surface area contributed by atoms with Gasteiger partial charge in [-0.1, -0.05) is 11.2 Å². The number of nitrogens with zero attached hydrogens (tertiary/aromatic N) is 3. The molecule has 3 rings (SSSR count). The maximum atomic E-state index is 12.4. The average Bonchev–Trinajstić information content (AvgIpc) is 3.17. The van der Waals surface area contributed by atoms with Gasteiger partial charge in [-0.15, -0.1) is 0 Å². The van der Waals surface area contributed by atoms with Gasteiger partial charge in [-0.05, 0) is 58.4 Å². The van der Waals surface area contributed by atoms with Crippen molar-refractivity contribution in [2.75, 3.05) is 6.54 Å². The SMILES string of the molecule is Cc1cc(C)n(CCCNC(=O)c2cccc(OCc3c(C)noc3C)c2)n1. The van der Waals surface area contributed by atoms with Crippen molar-refractivity contribution < 1.29 is 14.1 Å². The summed E-state index contributed by atoms with van der Waals surface area (Å²) in [6.45, 7) is 9.47. The topological polar surface area (TPSA) is 82.2 Å². The third kappa shape index (κ3) is 4.79. The first kappa shape index (κ1) is 19.7. The predicted molar refractivity (Wildman–Crippen MR) is 105 cm³/mol. The fourth-order valence-corrected chi connectivity index (χ4v) is 3.02. The summed E-state index contributed by atoms with van der Waals surface area (Å²) >= 11 is 0. The van der Waals surface area contributed by atoms with Crippen LogP contribution in [-0.4, -0.2) is 27.4 Å². The highest BCUT2D eigenvalue weighted by atomic mass is 16.5. The summed E-state index contributed by atoms with van der Waals surface area (Å²) in [5.41, 5.74) is 4.46. The quantitative estimate of drug-likeness (QED) is 0.603.